The number of rotatable bonds is 13. The van der Waals surface area contributed by atoms with Gasteiger partial charge in [0, 0.05) is 13.0 Å². The number of unbranched alkanes of at least 4 members (excludes halogenated alkanes) is 7. The zero-order chi connectivity index (χ0) is 25.0. The van der Waals surface area contributed by atoms with Gasteiger partial charge in [-0.15, -0.1) is 0 Å². The van der Waals surface area contributed by atoms with E-state index in [0.717, 1.165) is 19.3 Å². The SMILES string of the molecule is CCCCCCCCCCOc1c(OC(=O)c2ccccc2)c2ccc(OC(C)=O)cc2oc1=O. The number of ether oxygens (including phenoxy) is 3. The number of fused-ring (bicyclic) bond motifs is 1. The molecule has 3 rings (SSSR count). The second kappa shape index (κ2) is 13.3. The first-order valence-corrected chi connectivity index (χ1v) is 12.2. The molecule has 2 aromatic carbocycles. The molecule has 0 aliphatic heterocycles. The van der Waals surface area contributed by atoms with E-state index in [1.165, 1.54) is 51.2 Å². The topological polar surface area (TPSA) is 92.0 Å². The lowest BCUT2D eigenvalue weighted by Gasteiger charge is -2.13. The van der Waals surface area contributed by atoms with Crippen LogP contribution in [0.25, 0.3) is 11.0 Å². The van der Waals surface area contributed by atoms with Crippen molar-refractivity contribution in [3.05, 3.63) is 64.5 Å². The number of esters is 2. The first-order chi connectivity index (χ1) is 17.0. The van der Waals surface area contributed by atoms with Crippen LogP contribution in [0.15, 0.2) is 57.7 Å². The van der Waals surface area contributed by atoms with Gasteiger partial charge in [0.1, 0.15) is 11.3 Å². The predicted octanol–water partition coefficient (Wildman–Crippen LogP) is 6.46. The van der Waals surface area contributed by atoms with Crippen molar-refractivity contribution in [1.29, 1.82) is 0 Å². The summed E-state index contributed by atoms with van der Waals surface area (Å²) in [4.78, 5) is 36.9. The summed E-state index contributed by atoms with van der Waals surface area (Å²) >= 11 is 0. The third-order valence-electron chi connectivity index (χ3n) is 5.50. The molecule has 0 radical (unpaired) electrons. The third kappa shape index (κ3) is 7.70. The van der Waals surface area contributed by atoms with Crippen LogP contribution in [0.4, 0.5) is 0 Å². The maximum Gasteiger partial charge on any atom is 0.383 e. The number of carbonyl (C=O) groups is 2. The van der Waals surface area contributed by atoms with Crippen LogP contribution >= 0.6 is 0 Å². The zero-order valence-corrected chi connectivity index (χ0v) is 20.3. The first kappa shape index (κ1) is 26.0. The summed E-state index contributed by atoms with van der Waals surface area (Å²) in [5, 5.41) is 0.357. The van der Waals surface area contributed by atoms with Crippen molar-refractivity contribution in [2.24, 2.45) is 0 Å². The van der Waals surface area contributed by atoms with Crippen LogP contribution in [-0.4, -0.2) is 18.5 Å². The molecule has 0 unspecified atom stereocenters. The molecule has 3 aromatic rings. The lowest BCUT2D eigenvalue weighted by Crippen LogP contribution is -2.15. The van der Waals surface area contributed by atoms with Crippen molar-refractivity contribution >= 4 is 22.9 Å². The first-order valence-electron chi connectivity index (χ1n) is 12.2. The second-order valence-corrected chi connectivity index (χ2v) is 8.38. The van der Waals surface area contributed by atoms with E-state index in [9.17, 15) is 14.4 Å². The van der Waals surface area contributed by atoms with Gasteiger partial charge in [0.25, 0.3) is 0 Å². The normalized spacial score (nSPS) is 10.8. The molecular weight excluding hydrogens is 448 g/mol. The van der Waals surface area contributed by atoms with Gasteiger partial charge in [-0.1, -0.05) is 70.1 Å². The highest BCUT2D eigenvalue weighted by molar-refractivity contribution is 5.95. The fourth-order valence-electron chi connectivity index (χ4n) is 3.73. The Labute approximate surface area is 205 Å². The molecule has 7 heteroatoms. The number of carbonyl (C=O) groups excluding carboxylic acids is 2. The van der Waals surface area contributed by atoms with Crippen LogP contribution < -0.4 is 19.8 Å². The molecule has 0 aliphatic rings. The van der Waals surface area contributed by atoms with Crippen LogP contribution in [0, 0.1) is 0 Å². The highest BCUT2D eigenvalue weighted by atomic mass is 16.6. The Hall–Kier alpha value is -3.61. The van der Waals surface area contributed by atoms with Crippen molar-refractivity contribution < 1.29 is 28.2 Å². The molecule has 0 bridgehead atoms. The molecule has 0 saturated heterocycles. The third-order valence-corrected chi connectivity index (χ3v) is 5.50. The Morgan fingerprint density at radius 2 is 1.51 bits per heavy atom. The fraction of sp³-hybridized carbons (Fsp3) is 0.393. The number of benzene rings is 2. The van der Waals surface area contributed by atoms with Gasteiger partial charge < -0.3 is 18.6 Å². The van der Waals surface area contributed by atoms with Crippen LogP contribution in [-0.2, 0) is 4.79 Å². The van der Waals surface area contributed by atoms with E-state index in [1.54, 1.807) is 36.4 Å². The maximum atomic E-state index is 12.8. The second-order valence-electron chi connectivity index (χ2n) is 8.38. The Balaban J connectivity index is 1.79. The van der Waals surface area contributed by atoms with Crippen molar-refractivity contribution in [3.63, 3.8) is 0 Å². The fourth-order valence-corrected chi connectivity index (χ4v) is 3.73. The Kier molecular flexibility index (Phi) is 9.90. The van der Waals surface area contributed by atoms with Crippen LogP contribution in [0.5, 0.6) is 17.2 Å². The molecule has 1 heterocycles. The van der Waals surface area contributed by atoms with Crippen molar-refractivity contribution in [2.75, 3.05) is 6.61 Å². The smallest absolute Gasteiger partial charge is 0.383 e. The van der Waals surface area contributed by atoms with Gasteiger partial charge in [-0.2, -0.15) is 0 Å². The quantitative estimate of drug-likeness (QED) is 0.120. The van der Waals surface area contributed by atoms with E-state index in [0.29, 0.717) is 17.6 Å². The molecule has 0 N–H and O–H groups in total. The van der Waals surface area contributed by atoms with E-state index in [1.807, 2.05) is 0 Å². The van der Waals surface area contributed by atoms with Crippen molar-refractivity contribution in [3.8, 4) is 17.2 Å². The van der Waals surface area contributed by atoms with E-state index >= 15 is 0 Å². The minimum Gasteiger partial charge on any atom is -0.484 e. The summed E-state index contributed by atoms with van der Waals surface area (Å²) in [6.07, 6.45) is 9.03. The summed E-state index contributed by atoms with van der Waals surface area (Å²) in [6.45, 7) is 3.77. The van der Waals surface area contributed by atoms with Gasteiger partial charge in [0.05, 0.1) is 17.6 Å². The molecule has 0 amide bonds. The van der Waals surface area contributed by atoms with Gasteiger partial charge in [0.2, 0.25) is 5.75 Å². The number of hydrogen-bond donors (Lipinski definition) is 0. The Morgan fingerprint density at radius 3 is 2.20 bits per heavy atom. The van der Waals surface area contributed by atoms with E-state index in [4.69, 9.17) is 18.6 Å². The molecule has 0 aliphatic carbocycles. The molecule has 35 heavy (non-hydrogen) atoms. The zero-order valence-electron chi connectivity index (χ0n) is 20.3. The van der Waals surface area contributed by atoms with Crippen LogP contribution in [0.1, 0.15) is 75.6 Å². The molecule has 186 valence electrons. The summed E-state index contributed by atoms with van der Waals surface area (Å²) in [6, 6.07) is 13.0. The minimum absolute atomic E-state index is 0.0148. The van der Waals surface area contributed by atoms with E-state index < -0.39 is 17.6 Å². The lowest BCUT2D eigenvalue weighted by atomic mass is 10.1. The average molecular weight is 481 g/mol. The molecule has 0 saturated carbocycles. The summed E-state index contributed by atoms with van der Waals surface area (Å²) in [7, 11) is 0. The Bertz CT molecular complexity index is 1180. The van der Waals surface area contributed by atoms with Crippen LogP contribution in [0.3, 0.4) is 0 Å². The largest absolute Gasteiger partial charge is 0.484 e. The molecule has 1 aromatic heterocycles. The lowest BCUT2D eigenvalue weighted by molar-refractivity contribution is -0.131. The summed E-state index contributed by atoms with van der Waals surface area (Å²) in [5.74, 6) is -1.09. The van der Waals surface area contributed by atoms with Crippen molar-refractivity contribution in [1.82, 2.24) is 0 Å². The standard InChI is InChI=1S/C28H32O7/c1-3-4-5-6-7-8-9-13-18-32-26-25(35-27(30)21-14-11-10-12-15-21)23-17-16-22(33-20(2)29)19-24(23)34-28(26)31/h10-12,14-17,19H,3-9,13,18H2,1-2H3. The van der Waals surface area contributed by atoms with E-state index in [-0.39, 0.29) is 22.8 Å². The van der Waals surface area contributed by atoms with Crippen molar-refractivity contribution in [2.45, 2.75) is 65.2 Å². The summed E-state index contributed by atoms with van der Waals surface area (Å²) < 4.78 is 21.9. The van der Waals surface area contributed by atoms with Gasteiger partial charge in [-0.3, -0.25) is 4.79 Å². The van der Waals surface area contributed by atoms with Gasteiger partial charge in [0.15, 0.2) is 5.75 Å². The molecule has 7 nitrogen and oxygen atoms in total. The van der Waals surface area contributed by atoms with E-state index in [2.05, 4.69) is 6.92 Å². The molecule has 0 spiro atoms. The maximum absolute atomic E-state index is 12.8. The monoisotopic (exact) mass is 480 g/mol. The highest BCUT2D eigenvalue weighted by Crippen LogP contribution is 2.35. The Morgan fingerprint density at radius 1 is 0.829 bits per heavy atom. The molecular formula is C28H32O7. The predicted molar refractivity (Wildman–Crippen MR) is 133 cm³/mol. The minimum atomic E-state index is -0.770. The number of hydrogen-bond acceptors (Lipinski definition) is 7. The molecule has 0 fully saturated rings. The summed E-state index contributed by atoms with van der Waals surface area (Å²) in [5.41, 5.74) is -0.323. The van der Waals surface area contributed by atoms with Gasteiger partial charge >= 0.3 is 17.6 Å². The molecule has 0 atom stereocenters. The average Bonchev–Trinajstić information content (AvgIpc) is 2.84. The van der Waals surface area contributed by atoms with Crippen LogP contribution in [0.2, 0.25) is 0 Å². The highest BCUT2D eigenvalue weighted by Gasteiger charge is 2.22. The van der Waals surface area contributed by atoms with Gasteiger partial charge in [-0.25, -0.2) is 9.59 Å². The van der Waals surface area contributed by atoms with Gasteiger partial charge in [-0.05, 0) is 30.7 Å².